The third kappa shape index (κ3) is 3.53. The van der Waals surface area contributed by atoms with E-state index in [9.17, 15) is 0 Å². The molecule has 0 spiro atoms. The van der Waals surface area contributed by atoms with Crippen molar-refractivity contribution in [2.24, 2.45) is 0 Å². The van der Waals surface area contributed by atoms with Gasteiger partial charge in [-0.3, -0.25) is 4.98 Å². The van der Waals surface area contributed by atoms with Crippen molar-refractivity contribution in [1.82, 2.24) is 4.98 Å². The van der Waals surface area contributed by atoms with Gasteiger partial charge in [-0.25, -0.2) is 0 Å². The quantitative estimate of drug-likeness (QED) is 0.687. The molecule has 4 rings (SSSR count). The highest BCUT2D eigenvalue weighted by molar-refractivity contribution is 5.82. The summed E-state index contributed by atoms with van der Waals surface area (Å²) in [6.07, 6.45) is 6.88. The summed E-state index contributed by atoms with van der Waals surface area (Å²) in [7, 11) is 1.68. The van der Waals surface area contributed by atoms with E-state index in [2.05, 4.69) is 22.4 Å². The number of ether oxygens (including phenoxy) is 2. The molecule has 128 valence electrons. The van der Waals surface area contributed by atoms with Crippen LogP contribution < -0.4 is 14.8 Å². The number of methoxy groups -OCH3 is 1. The number of hydrogen-bond acceptors (Lipinski definition) is 4. The Labute approximate surface area is 147 Å². The molecule has 0 radical (unpaired) electrons. The number of pyridine rings is 1. The smallest absolute Gasteiger partial charge is 0.163 e. The number of nitrogens with one attached hydrogen (secondary N) is 1. The van der Waals surface area contributed by atoms with Crippen molar-refractivity contribution in [3.05, 3.63) is 54.7 Å². The van der Waals surface area contributed by atoms with Crippen LogP contribution in [0.1, 0.15) is 25.7 Å². The first-order chi connectivity index (χ1) is 12.3. The Balaban J connectivity index is 1.58. The summed E-state index contributed by atoms with van der Waals surface area (Å²) in [6, 6.07) is 16.1. The van der Waals surface area contributed by atoms with Crippen LogP contribution in [0.4, 0.5) is 11.4 Å². The molecule has 3 aromatic rings. The van der Waals surface area contributed by atoms with Crippen LogP contribution >= 0.6 is 0 Å². The van der Waals surface area contributed by atoms with Gasteiger partial charge in [0.1, 0.15) is 0 Å². The van der Waals surface area contributed by atoms with Crippen molar-refractivity contribution < 1.29 is 9.47 Å². The molecule has 1 aliphatic carbocycles. The third-order valence-electron chi connectivity index (χ3n) is 4.64. The Morgan fingerprint density at radius 2 is 1.80 bits per heavy atom. The van der Waals surface area contributed by atoms with Crippen molar-refractivity contribution in [3.63, 3.8) is 0 Å². The molecule has 0 bridgehead atoms. The lowest BCUT2D eigenvalue weighted by atomic mass is 10.2. The fourth-order valence-electron chi connectivity index (χ4n) is 3.34. The first kappa shape index (κ1) is 15.8. The topological polar surface area (TPSA) is 43.4 Å². The average Bonchev–Trinajstić information content (AvgIpc) is 3.15. The molecule has 0 saturated heterocycles. The van der Waals surface area contributed by atoms with E-state index in [1.807, 2.05) is 42.6 Å². The number of nitrogens with zero attached hydrogens (tertiary/aromatic N) is 1. The third-order valence-corrected chi connectivity index (χ3v) is 4.64. The molecule has 25 heavy (non-hydrogen) atoms. The summed E-state index contributed by atoms with van der Waals surface area (Å²) in [5.74, 6) is 1.57. The minimum Gasteiger partial charge on any atom is -0.493 e. The van der Waals surface area contributed by atoms with Crippen LogP contribution in [0.25, 0.3) is 10.9 Å². The number of fused-ring (bicyclic) bond motifs is 1. The fourth-order valence-corrected chi connectivity index (χ4v) is 3.34. The Hall–Kier alpha value is -2.75. The number of para-hydroxylation sites is 1. The Morgan fingerprint density at radius 3 is 2.64 bits per heavy atom. The van der Waals surface area contributed by atoms with Gasteiger partial charge in [-0.2, -0.15) is 0 Å². The van der Waals surface area contributed by atoms with Crippen molar-refractivity contribution in [2.45, 2.75) is 31.8 Å². The van der Waals surface area contributed by atoms with Gasteiger partial charge in [-0.15, -0.1) is 0 Å². The molecule has 0 atom stereocenters. The van der Waals surface area contributed by atoms with Crippen LogP contribution in [-0.2, 0) is 0 Å². The number of rotatable bonds is 5. The van der Waals surface area contributed by atoms with E-state index in [4.69, 9.17) is 9.47 Å². The first-order valence-electron chi connectivity index (χ1n) is 8.78. The summed E-state index contributed by atoms with van der Waals surface area (Å²) in [5, 5.41) is 4.53. The minimum absolute atomic E-state index is 0.298. The number of aromatic nitrogens is 1. The second-order valence-electron chi connectivity index (χ2n) is 6.43. The van der Waals surface area contributed by atoms with E-state index >= 15 is 0 Å². The highest BCUT2D eigenvalue weighted by atomic mass is 16.5. The molecule has 1 N–H and O–H groups in total. The maximum absolute atomic E-state index is 6.17. The molecule has 0 unspecified atom stereocenters. The predicted molar refractivity (Wildman–Crippen MR) is 101 cm³/mol. The zero-order valence-electron chi connectivity index (χ0n) is 14.4. The Bertz CT molecular complexity index is 873. The lowest BCUT2D eigenvalue weighted by molar-refractivity contribution is 0.201. The molecule has 4 nitrogen and oxygen atoms in total. The van der Waals surface area contributed by atoms with Gasteiger partial charge in [0.15, 0.2) is 11.5 Å². The Kier molecular flexibility index (Phi) is 4.42. The lowest BCUT2D eigenvalue weighted by Gasteiger charge is -2.17. The summed E-state index contributed by atoms with van der Waals surface area (Å²) in [6.45, 7) is 0. The number of benzene rings is 2. The lowest BCUT2D eigenvalue weighted by Crippen LogP contribution is -2.11. The molecular formula is C21H22N2O2. The molecule has 1 heterocycles. The molecule has 4 heteroatoms. The van der Waals surface area contributed by atoms with Gasteiger partial charge in [0.05, 0.1) is 30.6 Å². The van der Waals surface area contributed by atoms with Gasteiger partial charge in [-0.1, -0.05) is 18.2 Å². The number of anilines is 2. The van der Waals surface area contributed by atoms with Crippen molar-refractivity contribution in [3.8, 4) is 11.5 Å². The average molecular weight is 334 g/mol. The van der Waals surface area contributed by atoms with Gasteiger partial charge in [0.2, 0.25) is 0 Å². The monoisotopic (exact) mass is 334 g/mol. The summed E-state index contributed by atoms with van der Waals surface area (Å²) in [4.78, 5) is 4.50. The van der Waals surface area contributed by atoms with Crippen LogP contribution in [-0.4, -0.2) is 18.2 Å². The normalized spacial score (nSPS) is 14.6. The largest absolute Gasteiger partial charge is 0.493 e. The standard InChI is InChI=1S/C21H22N2O2/c1-24-20-11-10-16(13-21(20)25-18-7-3-4-8-18)23-17-12-15-6-2-5-9-19(15)22-14-17/h2,5-6,9-14,18,23H,3-4,7-8H2,1H3. The van der Waals surface area contributed by atoms with E-state index in [-0.39, 0.29) is 0 Å². The van der Waals surface area contributed by atoms with E-state index < -0.39 is 0 Å². The van der Waals surface area contributed by atoms with Gasteiger partial charge in [0, 0.05) is 17.1 Å². The van der Waals surface area contributed by atoms with E-state index in [1.54, 1.807) is 7.11 Å². The zero-order valence-corrected chi connectivity index (χ0v) is 14.4. The van der Waals surface area contributed by atoms with Crippen molar-refractivity contribution >= 4 is 22.3 Å². The van der Waals surface area contributed by atoms with Crippen LogP contribution in [0.2, 0.25) is 0 Å². The van der Waals surface area contributed by atoms with Gasteiger partial charge < -0.3 is 14.8 Å². The minimum atomic E-state index is 0.298. The summed E-state index contributed by atoms with van der Waals surface area (Å²) >= 11 is 0. The van der Waals surface area contributed by atoms with E-state index in [0.29, 0.717) is 6.10 Å². The van der Waals surface area contributed by atoms with E-state index in [1.165, 1.54) is 12.8 Å². The summed E-state index contributed by atoms with van der Waals surface area (Å²) in [5.41, 5.74) is 2.91. The summed E-state index contributed by atoms with van der Waals surface area (Å²) < 4.78 is 11.6. The molecule has 2 aromatic carbocycles. The van der Waals surface area contributed by atoms with Crippen LogP contribution in [0.15, 0.2) is 54.7 Å². The van der Waals surface area contributed by atoms with Crippen molar-refractivity contribution in [2.75, 3.05) is 12.4 Å². The maximum atomic E-state index is 6.17. The number of hydrogen-bond donors (Lipinski definition) is 1. The molecule has 0 aliphatic heterocycles. The van der Waals surface area contributed by atoms with Crippen LogP contribution in [0.5, 0.6) is 11.5 Å². The second-order valence-corrected chi connectivity index (χ2v) is 6.43. The highest BCUT2D eigenvalue weighted by Crippen LogP contribution is 2.34. The fraction of sp³-hybridized carbons (Fsp3) is 0.286. The molecular weight excluding hydrogens is 312 g/mol. The maximum Gasteiger partial charge on any atom is 0.163 e. The first-order valence-corrected chi connectivity index (χ1v) is 8.78. The van der Waals surface area contributed by atoms with Crippen molar-refractivity contribution in [1.29, 1.82) is 0 Å². The Morgan fingerprint density at radius 1 is 0.960 bits per heavy atom. The zero-order chi connectivity index (χ0) is 17.1. The molecule has 1 fully saturated rings. The predicted octanol–water partition coefficient (Wildman–Crippen LogP) is 5.31. The van der Waals surface area contributed by atoms with Crippen LogP contribution in [0, 0.1) is 0 Å². The second kappa shape index (κ2) is 7.01. The van der Waals surface area contributed by atoms with Gasteiger partial charge in [0.25, 0.3) is 0 Å². The van der Waals surface area contributed by atoms with Gasteiger partial charge >= 0.3 is 0 Å². The molecule has 1 aliphatic rings. The van der Waals surface area contributed by atoms with E-state index in [0.717, 1.165) is 46.6 Å². The SMILES string of the molecule is COc1ccc(Nc2cnc3ccccc3c2)cc1OC1CCCC1. The highest BCUT2D eigenvalue weighted by Gasteiger charge is 2.18. The molecule has 0 amide bonds. The molecule has 1 saturated carbocycles. The van der Waals surface area contributed by atoms with Crippen LogP contribution in [0.3, 0.4) is 0 Å². The van der Waals surface area contributed by atoms with Gasteiger partial charge in [-0.05, 0) is 49.9 Å². The molecule has 1 aromatic heterocycles.